The van der Waals surface area contributed by atoms with Gasteiger partial charge in [-0.1, -0.05) is 6.92 Å². The molecule has 2 atom stereocenters. The summed E-state index contributed by atoms with van der Waals surface area (Å²) >= 11 is 1.49. The molecule has 1 aromatic heterocycles. The van der Waals surface area contributed by atoms with Gasteiger partial charge in [0.05, 0.1) is 29.3 Å². The van der Waals surface area contributed by atoms with Crippen molar-refractivity contribution in [3.8, 4) is 0 Å². The average molecular weight is 315 g/mol. The highest BCUT2D eigenvalue weighted by atomic mass is 32.2. The van der Waals surface area contributed by atoms with Crippen LogP contribution in [0.1, 0.15) is 12.6 Å². The SMILES string of the molecule is C[C@]12CN(C(=O)NCc3cscn3)C[C@H]1CS(=O)(=O)C2. The first-order valence-corrected chi connectivity index (χ1v) is 9.25. The lowest BCUT2D eigenvalue weighted by Gasteiger charge is -2.21. The highest BCUT2D eigenvalue weighted by Gasteiger charge is 2.53. The first-order chi connectivity index (χ1) is 9.38. The number of carbonyl (C=O) groups is 1. The van der Waals surface area contributed by atoms with Crippen molar-refractivity contribution in [1.29, 1.82) is 0 Å². The van der Waals surface area contributed by atoms with Gasteiger partial charge in [0.1, 0.15) is 0 Å². The number of urea groups is 1. The topological polar surface area (TPSA) is 79.4 Å². The highest BCUT2D eigenvalue weighted by Crippen LogP contribution is 2.43. The number of nitrogens with zero attached hydrogens (tertiary/aromatic N) is 2. The van der Waals surface area contributed by atoms with Gasteiger partial charge in [-0.3, -0.25) is 0 Å². The summed E-state index contributed by atoms with van der Waals surface area (Å²) in [5.74, 6) is 0.470. The van der Waals surface area contributed by atoms with E-state index < -0.39 is 9.84 Å². The van der Waals surface area contributed by atoms with E-state index in [0.29, 0.717) is 19.6 Å². The molecular weight excluding hydrogens is 298 g/mol. The van der Waals surface area contributed by atoms with Gasteiger partial charge in [0.15, 0.2) is 9.84 Å². The number of amides is 2. The molecule has 2 saturated heterocycles. The Morgan fingerprint density at radius 3 is 3.10 bits per heavy atom. The van der Waals surface area contributed by atoms with Crippen LogP contribution >= 0.6 is 11.3 Å². The van der Waals surface area contributed by atoms with E-state index in [2.05, 4.69) is 10.3 Å². The molecule has 8 heteroatoms. The third kappa shape index (κ3) is 2.54. The number of thiazole rings is 1. The smallest absolute Gasteiger partial charge is 0.317 e. The Morgan fingerprint density at radius 1 is 1.65 bits per heavy atom. The molecule has 20 heavy (non-hydrogen) atoms. The van der Waals surface area contributed by atoms with Gasteiger partial charge in [-0.05, 0) is 5.92 Å². The standard InChI is InChI=1S/C12H17N3O3S2/c1-12-6-15(3-9(12)5-20(17,18)7-12)11(16)13-2-10-4-19-8-14-10/h4,8-9H,2-3,5-7H2,1H3,(H,13,16)/t9-,12+/m0/s1. The molecule has 2 aliphatic heterocycles. The molecule has 0 spiro atoms. The summed E-state index contributed by atoms with van der Waals surface area (Å²) in [5.41, 5.74) is 2.29. The van der Waals surface area contributed by atoms with Crippen molar-refractivity contribution < 1.29 is 13.2 Å². The molecule has 0 saturated carbocycles. The Labute approximate surface area is 122 Å². The molecule has 0 aliphatic carbocycles. The van der Waals surface area contributed by atoms with E-state index in [-0.39, 0.29) is 28.9 Å². The molecular formula is C12H17N3O3S2. The second-order valence-corrected chi connectivity index (χ2v) is 8.75. The van der Waals surface area contributed by atoms with Crippen LogP contribution in [0.25, 0.3) is 0 Å². The average Bonchev–Trinajstić information content (AvgIpc) is 2.98. The predicted octanol–water partition coefficient (Wildman–Crippen LogP) is 0.719. The van der Waals surface area contributed by atoms with E-state index in [0.717, 1.165) is 5.69 Å². The van der Waals surface area contributed by atoms with Crippen molar-refractivity contribution in [3.63, 3.8) is 0 Å². The molecule has 3 heterocycles. The largest absolute Gasteiger partial charge is 0.332 e. The minimum atomic E-state index is -2.93. The molecule has 0 aromatic carbocycles. The zero-order chi connectivity index (χ0) is 14.4. The highest BCUT2D eigenvalue weighted by molar-refractivity contribution is 7.91. The van der Waals surface area contributed by atoms with Crippen molar-refractivity contribution in [3.05, 3.63) is 16.6 Å². The van der Waals surface area contributed by atoms with Crippen LogP contribution in [-0.2, 0) is 16.4 Å². The van der Waals surface area contributed by atoms with Crippen LogP contribution in [-0.4, -0.2) is 48.9 Å². The van der Waals surface area contributed by atoms with Crippen LogP contribution in [0.5, 0.6) is 0 Å². The van der Waals surface area contributed by atoms with Crippen LogP contribution in [0.3, 0.4) is 0 Å². The quantitative estimate of drug-likeness (QED) is 0.872. The molecule has 6 nitrogen and oxygen atoms in total. The maximum atomic E-state index is 12.1. The van der Waals surface area contributed by atoms with Crippen LogP contribution < -0.4 is 5.32 Å². The van der Waals surface area contributed by atoms with Gasteiger partial charge in [0.2, 0.25) is 0 Å². The van der Waals surface area contributed by atoms with Crippen molar-refractivity contribution in [2.45, 2.75) is 13.5 Å². The second kappa shape index (κ2) is 4.70. The van der Waals surface area contributed by atoms with E-state index in [1.807, 2.05) is 12.3 Å². The van der Waals surface area contributed by atoms with Gasteiger partial charge in [0, 0.05) is 23.9 Å². The molecule has 2 fully saturated rings. The minimum Gasteiger partial charge on any atom is -0.332 e. The van der Waals surface area contributed by atoms with E-state index in [9.17, 15) is 13.2 Å². The van der Waals surface area contributed by atoms with Crippen molar-refractivity contribution in [2.24, 2.45) is 11.3 Å². The van der Waals surface area contributed by atoms with Crippen molar-refractivity contribution >= 4 is 27.2 Å². The molecule has 0 unspecified atom stereocenters. The van der Waals surface area contributed by atoms with Gasteiger partial charge in [-0.2, -0.15) is 0 Å². The summed E-state index contributed by atoms with van der Waals surface area (Å²) in [5, 5.41) is 4.73. The number of carbonyl (C=O) groups excluding carboxylic acids is 1. The number of nitrogens with one attached hydrogen (secondary N) is 1. The predicted molar refractivity (Wildman–Crippen MR) is 76.2 cm³/mol. The molecule has 110 valence electrons. The summed E-state index contributed by atoms with van der Waals surface area (Å²) in [6.07, 6.45) is 0. The summed E-state index contributed by atoms with van der Waals surface area (Å²) in [6, 6.07) is -0.133. The van der Waals surface area contributed by atoms with Gasteiger partial charge in [-0.25, -0.2) is 18.2 Å². The summed E-state index contributed by atoms with van der Waals surface area (Å²) in [4.78, 5) is 18.0. The minimum absolute atomic E-state index is 0.0672. The maximum Gasteiger partial charge on any atom is 0.317 e. The Kier molecular flexibility index (Phi) is 3.24. The number of rotatable bonds is 2. The second-order valence-electron chi connectivity index (χ2n) is 5.92. The Morgan fingerprint density at radius 2 is 2.45 bits per heavy atom. The van der Waals surface area contributed by atoms with Gasteiger partial charge >= 0.3 is 6.03 Å². The first kappa shape index (κ1) is 13.8. The monoisotopic (exact) mass is 315 g/mol. The first-order valence-electron chi connectivity index (χ1n) is 6.48. The molecule has 3 rings (SSSR count). The summed E-state index contributed by atoms with van der Waals surface area (Å²) in [6.45, 7) is 3.42. The Hall–Kier alpha value is -1.15. The molecule has 1 aromatic rings. The van der Waals surface area contributed by atoms with E-state index in [1.165, 1.54) is 11.3 Å². The zero-order valence-corrected chi connectivity index (χ0v) is 12.8. The Bertz CT molecular complexity index is 614. The van der Waals surface area contributed by atoms with Crippen LogP contribution in [0.2, 0.25) is 0 Å². The lowest BCUT2D eigenvalue weighted by Crippen LogP contribution is -2.40. The summed E-state index contributed by atoms with van der Waals surface area (Å²) in [7, 11) is -2.93. The van der Waals surface area contributed by atoms with E-state index in [4.69, 9.17) is 0 Å². The van der Waals surface area contributed by atoms with Crippen LogP contribution in [0, 0.1) is 11.3 Å². The Balaban J connectivity index is 1.60. The molecule has 0 bridgehead atoms. The fourth-order valence-electron chi connectivity index (χ4n) is 3.16. The molecule has 0 radical (unpaired) electrons. The number of hydrogen-bond acceptors (Lipinski definition) is 5. The van der Waals surface area contributed by atoms with Crippen LogP contribution in [0.15, 0.2) is 10.9 Å². The van der Waals surface area contributed by atoms with Crippen molar-refractivity contribution in [1.82, 2.24) is 15.2 Å². The molecule has 2 amide bonds. The van der Waals surface area contributed by atoms with E-state index >= 15 is 0 Å². The van der Waals surface area contributed by atoms with Crippen LogP contribution in [0.4, 0.5) is 4.79 Å². The third-order valence-corrected chi connectivity index (χ3v) is 6.82. The zero-order valence-electron chi connectivity index (χ0n) is 11.2. The number of sulfone groups is 1. The van der Waals surface area contributed by atoms with E-state index in [1.54, 1.807) is 10.4 Å². The van der Waals surface area contributed by atoms with Gasteiger partial charge < -0.3 is 10.2 Å². The number of fused-ring (bicyclic) bond motifs is 1. The molecule has 1 N–H and O–H groups in total. The number of aromatic nitrogens is 1. The molecule has 2 aliphatic rings. The number of likely N-dealkylation sites (tertiary alicyclic amines) is 1. The lowest BCUT2D eigenvalue weighted by atomic mass is 9.84. The fraction of sp³-hybridized carbons (Fsp3) is 0.667. The fourth-order valence-corrected chi connectivity index (χ4v) is 6.29. The third-order valence-electron chi connectivity index (χ3n) is 4.17. The number of hydrogen-bond donors (Lipinski definition) is 1. The van der Waals surface area contributed by atoms with Gasteiger partial charge in [-0.15, -0.1) is 11.3 Å². The maximum absolute atomic E-state index is 12.1. The van der Waals surface area contributed by atoms with Gasteiger partial charge in [0.25, 0.3) is 0 Å². The lowest BCUT2D eigenvalue weighted by molar-refractivity contribution is 0.203. The van der Waals surface area contributed by atoms with Crippen molar-refractivity contribution in [2.75, 3.05) is 24.6 Å². The normalized spacial score (nSPS) is 31.2. The summed E-state index contributed by atoms with van der Waals surface area (Å²) < 4.78 is 23.4.